The lowest BCUT2D eigenvalue weighted by Crippen LogP contribution is -2.15. The van der Waals surface area contributed by atoms with Gasteiger partial charge in [0, 0.05) is 42.1 Å². The largest absolute Gasteiger partial charge is 0.321 e. The van der Waals surface area contributed by atoms with Crippen LogP contribution in [-0.2, 0) is 7.05 Å². The number of aromatic nitrogens is 4. The quantitative estimate of drug-likeness (QED) is 0.563. The highest BCUT2D eigenvalue weighted by atomic mass is 16.2. The molecule has 0 aliphatic rings. The summed E-state index contributed by atoms with van der Waals surface area (Å²) in [5.41, 5.74) is 4.03. The molecular formula is C21H16N6O2. The van der Waals surface area contributed by atoms with Gasteiger partial charge in [-0.1, -0.05) is 0 Å². The fraction of sp³-hybridized carbons (Fsp3) is 0.0952. The van der Waals surface area contributed by atoms with Crippen LogP contribution in [0.4, 0.5) is 5.69 Å². The summed E-state index contributed by atoms with van der Waals surface area (Å²) in [6, 6.07) is 12.2. The van der Waals surface area contributed by atoms with Crippen LogP contribution in [0.2, 0.25) is 0 Å². The zero-order valence-electron chi connectivity index (χ0n) is 15.7. The number of hydrogen-bond acceptors (Lipinski definition) is 5. The highest BCUT2D eigenvalue weighted by molar-refractivity contribution is 6.05. The van der Waals surface area contributed by atoms with Gasteiger partial charge in [-0.15, -0.1) is 0 Å². The number of amides is 1. The Labute approximate surface area is 165 Å². The van der Waals surface area contributed by atoms with Gasteiger partial charge in [0.15, 0.2) is 0 Å². The number of fused-ring (bicyclic) bond motifs is 1. The van der Waals surface area contributed by atoms with Crippen LogP contribution in [0.25, 0.3) is 22.2 Å². The molecule has 1 amide bonds. The van der Waals surface area contributed by atoms with Crippen molar-refractivity contribution in [2.75, 3.05) is 5.32 Å². The standard InChI is InChI=1S/C21H16N6O2/c1-12-7-13(9-22)10-23-19(12)21(29)24-15-4-5-17-16(8-15)20(26-25-17)14-3-6-18(28)27(2)11-14/h3-8,10-11H,1-2H3,(H,24,29)(H,25,26). The van der Waals surface area contributed by atoms with E-state index in [1.807, 2.05) is 18.2 Å². The van der Waals surface area contributed by atoms with E-state index in [4.69, 9.17) is 5.26 Å². The Morgan fingerprint density at radius 2 is 2.07 bits per heavy atom. The third-order valence-corrected chi connectivity index (χ3v) is 4.60. The molecule has 0 saturated carbocycles. The summed E-state index contributed by atoms with van der Waals surface area (Å²) in [6.07, 6.45) is 3.09. The van der Waals surface area contributed by atoms with Gasteiger partial charge >= 0.3 is 0 Å². The third kappa shape index (κ3) is 3.37. The number of nitrogens with one attached hydrogen (secondary N) is 2. The Morgan fingerprint density at radius 1 is 1.24 bits per heavy atom. The van der Waals surface area contributed by atoms with Crippen LogP contribution < -0.4 is 10.9 Å². The van der Waals surface area contributed by atoms with Crippen molar-refractivity contribution in [1.82, 2.24) is 19.7 Å². The maximum atomic E-state index is 12.6. The number of anilines is 1. The van der Waals surface area contributed by atoms with E-state index in [2.05, 4.69) is 20.5 Å². The lowest BCUT2D eigenvalue weighted by Gasteiger charge is -2.08. The van der Waals surface area contributed by atoms with Crippen LogP contribution in [0.1, 0.15) is 21.6 Å². The van der Waals surface area contributed by atoms with Crippen molar-refractivity contribution in [3.8, 4) is 17.3 Å². The van der Waals surface area contributed by atoms with Gasteiger partial charge in [0.1, 0.15) is 17.5 Å². The van der Waals surface area contributed by atoms with E-state index >= 15 is 0 Å². The van der Waals surface area contributed by atoms with Crippen LogP contribution in [0.15, 0.2) is 53.6 Å². The van der Waals surface area contributed by atoms with Gasteiger partial charge in [0.05, 0.1) is 11.1 Å². The zero-order valence-corrected chi connectivity index (χ0v) is 15.7. The summed E-state index contributed by atoms with van der Waals surface area (Å²) in [7, 11) is 1.68. The topological polar surface area (TPSA) is 116 Å². The van der Waals surface area contributed by atoms with E-state index in [0.29, 0.717) is 22.5 Å². The molecule has 8 heteroatoms. The van der Waals surface area contributed by atoms with Crippen molar-refractivity contribution in [1.29, 1.82) is 5.26 Å². The van der Waals surface area contributed by atoms with Crippen molar-refractivity contribution >= 4 is 22.5 Å². The van der Waals surface area contributed by atoms with Crippen LogP contribution in [0.3, 0.4) is 0 Å². The number of rotatable bonds is 3. The molecule has 0 bridgehead atoms. The molecule has 3 heterocycles. The number of benzene rings is 1. The van der Waals surface area contributed by atoms with Crippen LogP contribution in [-0.4, -0.2) is 25.7 Å². The first-order chi connectivity index (χ1) is 14.0. The van der Waals surface area contributed by atoms with Crippen molar-refractivity contribution in [2.24, 2.45) is 7.05 Å². The summed E-state index contributed by atoms with van der Waals surface area (Å²) in [5, 5.41) is 19.9. The molecule has 0 radical (unpaired) electrons. The van der Waals surface area contributed by atoms with Gasteiger partial charge in [-0.2, -0.15) is 10.4 Å². The number of nitriles is 1. The molecule has 0 fully saturated rings. The summed E-state index contributed by atoms with van der Waals surface area (Å²) < 4.78 is 1.49. The van der Waals surface area contributed by atoms with Crippen molar-refractivity contribution < 1.29 is 4.79 Å². The average Bonchev–Trinajstić information content (AvgIpc) is 3.13. The Balaban J connectivity index is 1.69. The number of pyridine rings is 2. The second-order valence-corrected chi connectivity index (χ2v) is 6.65. The predicted octanol–water partition coefficient (Wildman–Crippen LogP) is 2.76. The fourth-order valence-corrected chi connectivity index (χ4v) is 3.11. The minimum absolute atomic E-state index is 0.105. The maximum absolute atomic E-state index is 12.6. The predicted molar refractivity (Wildman–Crippen MR) is 108 cm³/mol. The smallest absolute Gasteiger partial charge is 0.274 e. The van der Waals surface area contributed by atoms with Gasteiger partial charge in [0.25, 0.3) is 5.91 Å². The lowest BCUT2D eigenvalue weighted by atomic mass is 10.1. The Morgan fingerprint density at radius 3 is 2.79 bits per heavy atom. The monoisotopic (exact) mass is 384 g/mol. The molecule has 8 nitrogen and oxygen atoms in total. The highest BCUT2D eigenvalue weighted by Crippen LogP contribution is 2.28. The summed E-state index contributed by atoms with van der Waals surface area (Å²) in [6.45, 7) is 1.74. The molecule has 1 aromatic carbocycles. The first-order valence-corrected chi connectivity index (χ1v) is 8.79. The number of carbonyl (C=O) groups is 1. The van der Waals surface area contributed by atoms with E-state index in [1.165, 1.54) is 16.8 Å². The van der Waals surface area contributed by atoms with E-state index in [-0.39, 0.29) is 17.2 Å². The van der Waals surface area contributed by atoms with Gasteiger partial charge < -0.3 is 9.88 Å². The van der Waals surface area contributed by atoms with E-state index in [0.717, 1.165) is 16.5 Å². The first-order valence-electron chi connectivity index (χ1n) is 8.79. The molecule has 3 aromatic heterocycles. The maximum Gasteiger partial charge on any atom is 0.274 e. The van der Waals surface area contributed by atoms with Crippen molar-refractivity contribution in [3.63, 3.8) is 0 Å². The molecule has 0 aliphatic carbocycles. The lowest BCUT2D eigenvalue weighted by molar-refractivity contribution is 0.102. The molecule has 0 spiro atoms. The van der Waals surface area contributed by atoms with Gasteiger partial charge in [-0.3, -0.25) is 14.7 Å². The molecule has 4 aromatic rings. The molecular weight excluding hydrogens is 368 g/mol. The molecule has 142 valence electrons. The SMILES string of the molecule is Cc1cc(C#N)cnc1C(=O)Nc1ccc2[nH]nc(-c3ccc(=O)n(C)c3)c2c1. The Hall–Kier alpha value is -4.25. The van der Waals surface area contributed by atoms with Gasteiger partial charge in [0.2, 0.25) is 5.56 Å². The summed E-state index contributed by atoms with van der Waals surface area (Å²) in [5.74, 6) is -0.363. The molecule has 2 N–H and O–H groups in total. The van der Waals surface area contributed by atoms with Crippen LogP contribution >= 0.6 is 0 Å². The summed E-state index contributed by atoms with van der Waals surface area (Å²) >= 11 is 0. The normalized spacial score (nSPS) is 10.7. The Bertz CT molecular complexity index is 1360. The number of carbonyl (C=O) groups excluding carboxylic acids is 1. The second-order valence-electron chi connectivity index (χ2n) is 6.65. The zero-order chi connectivity index (χ0) is 20.5. The molecule has 0 aliphatic heterocycles. The number of hydrogen-bond donors (Lipinski definition) is 2. The van der Waals surface area contributed by atoms with Gasteiger partial charge in [-0.25, -0.2) is 4.98 Å². The number of H-pyrrole nitrogens is 1. The van der Waals surface area contributed by atoms with Crippen LogP contribution in [0.5, 0.6) is 0 Å². The highest BCUT2D eigenvalue weighted by Gasteiger charge is 2.14. The molecule has 4 rings (SSSR count). The van der Waals surface area contributed by atoms with E-state index < -0.39 is 0 Å². The van der Waals surface area contributed by atoms with Crippen molar-refractivity contribution in [3.05, 3.63) is 76.0 Å². The summed E-state index contributed by atoms with van der Waals surface area (Å²) in [4.78, 5) is 28.4. The molecule has 0 saturated heterocycles. The number of nitrogens with zero attached hydrogens (tertiary/aromatic N) is 4. The average molecular weight is 384 g/mol. The minimum Gasteiger partial charge on any atom is -0.321 e. The molecule has 29 heavy (non-hydrogen) atoms. The molecule has 0 atom stereocenters. The van der Waals surface area contributed by atoms with E-state index in [1.54, 1.807) is 38.4 Å². The minimum atomic E-state index is -0.363. The van der Waals surface area contributed by atoms with Crippen LogP contribution in [0, 0.1) is 18.3 Å². The fourth-order valence-electron chi connectivity index (χ4n) is 3.11. The molecule has 0 unspecified atom stereocenters. The van der Waals surface area contributed by atoms with E-state index in [9.17, 15) is 9.59 Å². The second kappa shape index (κ2) is 7.05. The first kappa shape index (κ1) is 18.1. The van der Waals surface area contributed by atoms with Gasteiger partial charge in [-0.05, 0) is 42.8 Å². The third-order valence-electron chi connectivity index (χ3n) is 4.60. The van der Waals surface area contributed by atoms with Crippen molar-refractivity contribution in [2.45, 2.75) is 6.92 Å². The number of aromatic amines is 1. The number of aryl methyl sites for hydroxylation is 2. The Kier molecular flexibility index (Phi) is 4.41.